The molecular formula is C34H46BrN3O7S. The SMILES string of the molecule is C=C[C@@H]1C[C@]1(CC(=O)[C@@H]1CN(S(=O)(=O)c2ccc(Br)cc2)CN1C(=O)[C@@H](CC(=O)OC1CCCC1)C(C)(C)C)C(=O)NCC1CC1. The Bertz CT molecular complexity index is 1460. The molecule has 252 valence electrons. The second-order valence-corrected chi connectivity index (χ2v) is 17.4. The molecule has 5 rings (SSSR count). The first kappa shape index (κ1) is 34.8. The lowest BCUT2D eigenvalue weighted by atomic mass is 9.77. The highest BCUT2D eigenvalue weighted by Crippen LogP contribution is 2.56. The maximum absolute atomic E-state index is 14.4. The maximum atomic E-state index is 14.4. The molecule has 3 saturated carbocycles. The zero-order valence-corrected chi connectivity index (χ0v) is 29.4. The average Bonchev–Trinajstić information content (AvgIpc) is 3.84. The number of esters is 1. The van der Waals surface area contributed by atoms with Gasteiger partial charge in [0.05, 0.1) is 29.3 Å². The topological polar surface area (TPSA) is 130 Å². The van der Waals surface area contributed by atoms with E-state index in [1.165, 1.54) is 17.0 Å². The molecule has 1 aliphatic heterocycles. The van der Waals surface area contributed by atoms with E-state index in [4.69, 9.17) is 4.74 Å². The van der Waals surface area contributed by atoms with Crippen LogP contribution in [0.1, 0.15) is 78.6 Å². The van der Waals surface area contributed by atoms with E-state index in [2.05, 4.69) is 27.8 Å². The molecular weight excluding hydrogens is 674 g/mol. The molecule has 4 aliphatic rings. The molecule has 1 heterocycles. The molecule has 1 saturated heterocycles. The maximum Gasteiger partial charge on any atom is 0.306 e. The summed E-state index contributed by atoms with van der Waals surface area (Å²) in [5.74, 6) is -2.11. The number of carbonyl (C=O) groups is 4. The van der Waals surface area contributed by atoms with Crippen LogP contribution >= 0.6 is 15.9 Å². The summed E-state index contributed by atoms with van der Waals surface area (Å²) in [6.07, 6.45) is 7.42. The number of Topliss-reactive ketones (excluding diaryl/α,β-unsaturated/α-hetero) is 1. The number of nitrogens with one attached hydrogen (secondary N) is 1. The Morgan fingerprint density at radius 2 is 1.76 bits per heavy atom. The van der Waals surface area contributed by atoms with Crippen LogP contribution in [-0.4, -0.2) is 73.1 Å². The Hall–Kier alpha value is -2.57. The summed E-state index contributed by atoms with van der Waals surface area (Å²) in [4.78, 5) is 56.4. The van der Waals surface area contributed by atoms with Crippen molar-refractivity contribution in [3.05, 3.63) is 41.4 Å². The fourth-order valence-electron chi connectivity index (χ4n) is 6.77. The number of ether oxygens (including phenoxy) is 1. The molecule has 3 aliphatic carbocycles. The molecule has 0 aromatic heterocycles. The lowest BCUT2D eigenvalue weighted by Gasteiger charge is -2.34. The van der Waals surface area contributed by atoms with Gasteiger partial charge in [-0.1, -0.05) is 42.8 Å². The number of nitrogens with zero attached hydrogens (tertiary/aromatic N) is 2. The van der Waals surface area contributed by atoms with Crippen LogP contribution in [0.2, 0.25) is 0 Å². The molecule has 1 aromatic rings. The van der Waals surface area contributed by atoms with Crippen LogP contribution in [0.25, 0.3) is 0 Å². The van der Waals surface area contributed by atoms with Crippen molar-refractivity contribution in [2.75, 3.05) is 19.8 Å². The highest BCUT2D eigenvalue weighted by atomic mass is 79.9. The fraction of sp³-hybridized carbons (Fsp3) is 0.647. The predicted octanol–water partition coefficient (Wildman–Crippen LogP) is 4.82. The van der Waals surface area contributed by atoms with Crippen LogP contribution in [-0.2, 0) is 33.9 Å². The molecule has 4 fully saturated rings. The van der Waals surface area contributed by atoms with Gasteiger partial charge in [-0.3, -0.25) is 19.2 Å². The predicted molar refractivity (Wildman–Crippen MR) is 176 cm³/mol. The third-order valence-corrected chi connectivity index (χ3v) is 12.4. The van der Waals surface area contributed by atoms with Gasteiger partial charge in [-0.05, 0) is 86.5 Å². The molecule has 46 heavy (non-hydrogen) atoms. The third-order valence-electron chi connectivity index (χ3n) is 10.1. The Morgan fingerprint density at radius 1 is 1.11 bits per heavy atom. The second kappa shape index (κ2) is 13.5. The standard InChI is InChI=1S/C34H46BrN3O7S/c1-5-23-17-34(23,32(42)36-19-22-10-11-22)18-29(39)28-20-37(46(43,44)26-14-12-24(35)13-15-26)21-38(28)31(41)27(33(2,3)4)16-30(40)45-25-8-6-7-9-25/h5,12-15,22-23,25,27-28H,1,6-11,16-21H2,2-4H3,(H,36,42)/t23-,27-,28+,34-/m1/s1. The average molecular weight is 721 g/mol. The minimum Gasteiger partial charge on any atom is -0.462 e. The number of halogens is 1. The third kappa shape index (κ3) is 7.59. The van der Waals surface area contributed by atoms with Gasteiger partial charge in [0.2, 0.25) is 21.8 Å². The van der Waals surface area contributed by atoms with Gasteiger partial charge in [0.15, 0.2) is 5.78 Å². The Labute approximate surface area is 280 Å². The number of rotatable bonds is 13. The van der Waals surface area contributed by atoms with Gasteiger partial charge in [0.25, 0.3) is 0 Å². The smallest absolute Gasteiger partial charge is 0.306 e. The van der Waals surface area contributed by atoms with Crippen LogP contribution < -0.4 is 5.32 Å². The molecule has 1 N–H and O–H groups in total. The summed E-state index contributed by atoms with van der Waals surface area (Å²) in [5.41, 5.74) is -1.65. The Kier molecular flexibility index (Phi) is 10.2. The quantitative estimate of drug-likeness (QED) is 0.229. The summed E-state index contributed by atoms with van der Waals surface area (Å²) in [5, 5.41) is 3.01. The zero-order chi connectivity index (χ0) is 33.4. The van der Waals surface area contributed by atoms with Crippen molar-refractivity contribution >= 4 is 49.5 Å². The highest BCUT2D eigenvalue weighted by Gasteiger charge is 2.60. The molecule has 0 spiro atoms. The normalized spacial score (nSPS) is 26.0. The minimum absolute atomic E-state index is 0.0357. The first-order valence-corrected chi connectivity index (χ1v) is 18.6. The first-order chi connectivity index (χ1) is 21.7. The van der Waals surface area contributed by atoms with Crippen LogP contribution in [0, 0.1) is 28.6 Å². The van der Waals surface area contributed by atoms with Gasteiger partial charge in [-0.25, -0.2) is 8.42 Å². The van der Waals surface area contributed by atoms with Crippen molar-refractivity contribution in [3.8, 4) is 0 Å². The summed E-state index contributed by atoms with van der Waals surface area (Å²) >= 11 is 3.33. The van der Waals surface area contributed by atoms with Crippen molar-refractivity contribution < 1.29 is 32.3 Å². The monoisotopic (exact) mass is 719 g/mol. The van der Waals surface area contributed by atoms with E-state index < -0.39 is 44.7 Å². The molecule has 0 unspecified atom stereocenters. The van der Waals surface area contributed by atoms with E-state index >= 15 is 0 Å². The van der Waals surface area contributed by atoms with Gasteiger partial charge in [-0.15, -0.1) is 6.58 Å². The van der Waals surface area contributed by atoms with E-state index in [0.29, 0.717) is 23.4 Å². The van der Waals surface area contributed by atoms with Crippen molar-refractivity contribution in [1.29, 1.82) is 0 Å². The lowest BCUT2D eigenvalue weighted by Crippen LogP contribution is -2.49. The van der Waals surface area contributed by atoms with Crippen LogP contribution in [0.4, 0.5) is 0 Å². The first-order valence-electron chi connectivity index (χ1n) is 16.3. The number of amides is 2. The van der Waals surface area contributed by atoms with Crippen molar-refractivity contribution in [2.45, 2.75) is 95.6 Å². The number of allylic oxidation sites excluding steroid dienone is 1. The highest BCUT2D eigenvalue weighted by molar-refractivity contribution is 9.10. The van der Waals surface area contributed by atoms with E-state index in [9.17, 15) is 27.6 Å². The van der Waals surface area contributed by atoms with E-state index in [1.54, 1.807) is 18.2 Å². The summed E-state index contributed by atoms with van der Waals surface area (Å²) in [6.45, 7) is 9.38. The molecule has 10 nitrogen and oxygen atoms in total. The van der Waals surface area contributed by atoms with E-state index in [-0.39, 0.29) is 54.7 Å². The number of sulfonamides is 1. The van der Waals surface area contributed by atoms with E-state index in [0.717, 1.165) is 42.8 Å². The van der Waals surface area contributed by atoms with Gasteiger partial charge < -0.3 is 15.0 Å². The number of carbonyl (C=O) groups excluding carboxylic acids is 4. The van der Waals surface area contributed by atoms with E-state index in [1.807, 2.05) is 20.8 Å². The van der Waals surface area contributed by atoms with Crippen molar-refractivity contribution in [1.82, 2.24) is 14.5 Å². The summed E-state index contributed by atoms with van der Waals surface area (Å²) in [6, 6.07) is 5.05. The Morgan fingerprint density at radius 3 is 2.33 bits per heavy atom. The molecule has 0 radical (unpaired) electrons. The largest absolute Gasteiger partial charge is 0.462 e. The minimum atomic E-state index is -4.08. The molecule has 2 amide bonds. The van der Waals surface area contributed by atoms with Crippen LogP contribution in [0.5, 0.6) is 0 Å². The molecule has 12 heteroatoms. The van der Waals surface area contributed by atoms with Crippen LogP contribution in [0.15, 0.2) is 46.3 Å². The van der Waals surface area contributed by atoms with Crippen molar-refractivity contribution in [2.24, 2.45) is 28.6 Å². The molecule has 0 bridgehead atoms. The number of ketones is 1. The second-order valence-electron chi connectivity index (χ2n) is 14.6. The van der Waals surface area contributed by atoms with Crippen LogP contribution in [0.3, 0.4) is 0 Å². The van der Waals surface area contributed by atoms with Gasteiger partial charge in [-0.2, -0.15) is 4.31 Å². The Balaban J connectivity index is 1.41. The number of hydrogen-bond acceptors (Lipinski definition) is 7. The molecule has 4 atom stereocenters. The van der Waals surface area contributed by atoms with Gasteiger partial charge in [0.1, 0.15) is 12.1 Å². The lowest BCUT2D eigenvalue weighted by molar-refractivity contribution is -0.156. The van der Waals surface area contributed by atoms with Gasteiger partial charge in [0, 0.05) is 24.0 Å². The molecule has 1 aromatic carbocycles. The number of benzene rings is 1. The zero-order valence-electron chi connectivity index (χ0n) is 27.0. The fourth-order valence-corrected chi connectivity index (χ4v) is 8.42. The van der Waals surface area contributed by atoms with Gasteiger partial charge >= 0.3 is 5.97 Å². The van der Waals surface area contributed by atoms with Crippen molar-refractivity contribution in [3.63, 3.8) is 0 Å². The summed E-state index contributed by atoms with van der Waals surface area (Å²) < 4.78 is 35.1. The number of hydrogen-bond donors (Lipinski definition) is 1. The summed E-state index contributed by atoms with van der Waals surface area (Å²) in [7, 11) is -4.08.